The Morgan fingerprint density at radius 2 is 1.87 bits per heavy atom. The van der Waals surface area contributed by atoms with Crippen LogP contribution in [0.25, 0.3) is 22.5 Å². The summed E-state index contributed by atoms with van der Waals surface area (Å²) in [6.07, 6.45) is 1.89. The van der Waals surface area contributed by atoms with Crippen molar-refractivity contribution in [2.75, 3.05) is 5.73 Å². The molecule has 1 fully saturated rings. The van der Waals surface area contributed by atoms with Crippen molar-refractivity contribution in [2.45, 2.75) is 28.3 Å². The van der Waals surface area contributed by atoms with Crippen molar-refractivity contribution in [1.82, 2.24) is 30.3 Å². The van der Waals surface area contributed by atoms with Crippen LogP contribution in [-0.2, 0) is 20.0 Å². The number of nitrogen functional groups attached to an aromatic ring is 1. The number of aromatic amines is 1. The van der Waals surface area contributed by atoms with Crippen LogP contribution >= 0.6 is 0 Å². The monoisotopic (exact) mass is 451 g/mol. The lowest BCUT2D eigenvalue weighted by atomic mass is 9.99. The van der Waals surface area contributed by atoms with Crippen molar-refractivity contribution in [3.05, 3.63) is 30.5 Å². The molecule has 8 N–H and O–H groups in total. The number of nitrogens with one attached hydrogen (secondary N) is 2. The molecule has 13 nitrogen and oxygen atoms in total. The van der Waals surface area contributed by atoms with Gasteiger partial charge in [-0.1, -0.05) is 6.07 Å². The molecular weight excluding hydrogens is 434 g/mol. The molecule has 15 heteroatoms. The standard InChI is InChI=1S/C15H17N9O4S2/c16-9-6-10(9)22-30(27,28)11-4-3-7(8-2-1-5-19-14(8)17)12(13(11)29(18,25)26)15-20-23-24-21-15/h1-5,9-10,22H,6,16H2,(H2,17,19)(H2,18,25,26)(H,20,21,23,24)/t9-,10?/m0/s1. The first-order valence-corrected chi connectivity index (χ1v) is 11.5. The number of hydrogen-bond acceptors (Lipinski definition) is 10. The van der Waals surface area contributed by atoms with Crippen LogP contribution < -0.4 is 21.3 Å². The van der Waals surface area contributed by atoms with Crippen molar-refractivity contribution in [3.8, 4) is 22.5 Å². The maximum absolute atomic E-state index is 12.9. The molecule has 4 rings (SSSR count). The highest BCUT2D eigenvalue weighted by Crippen LogP contribution is 2.40. The number of nitrogens with two attached hydrogens (primary N) is 3. The predicted molar refractivity (Wildman–Crippen MR) is 105 cm³/mol. The van der Waals surface area contributed by atoms with Gasteiger partial charge in [0.1, 0.15) is 15.6 Å². The molecule has 158 valence electrons. The van der Waals surface area contributed by atoms with E-state index in [1.54, 1.807) is 12.1 Å². The van der Waals surface area contributed by atoms with E-state index in [0.717, 1.165) is 6.07 Å². The third kappa shape index (κ3) is 3.63. The van der Waals surface area contributed by atoms with E-state index in [4.69, 9.17) is 16.6 Å². The average Bonchev–Trinajstić information content (AvgIpc) is 3.13. The number of benzene rings is 1. The number of aromatic nitrogens is 5. The Hall–Kier alpha value is -2.98. The van der Waals surface area contributed by atoms with Gasteiger partial charge in [-0.2, -0.15) is 5.21 Å². The van der Waals surface area contributed by atoms with Crippen LogP contribution in [0.3, 0.4) is 0 Å². The maximum Gasteiger partial charge on any atom is 0.242 e. The Kier molecular flexibility index (Phi) is 4.78. The molecule has 0 aliphatic heterocycles. The van der Waals surface area contributed by atoms with Crippen molar-refractivity contribution >= 4 is 25.9 Å². The first-order valence-electron chi connectivity index (χ1n) is 8.52. The van der Waals surface area contributed by atoms with Gasteiger partial charge in [0.2, 0.25) is 25.9 Å². The molecule has 2 heterocycles. The van der Waals surface area contributed by atoms with E-state index in [-0.39, 0.29) is 28.8 Å². The Morgan fingerprint density at radius 1 is 1.13 bits per heavy atom. The third-order valence-electron chi connectivity index (χ3n) is 4.54. The van der Waals surface area contributed by atoms with Gasteiger partial charge in [0, 0.05) is 23.8 Å². The minimum Gasteiger partial charge on any atom is -0.383 e. The molecule has 2 atom stereocenters. The zero-order valence-corrected chi connectivity index (χ0v) is 16.9. The lowest BCUT2D eigenvalue weighted by Gasteiger charge is -2.17. The number of primary sulfonamides is 1. The van der Waals surface area contributed by atoms with Gasteiger partial charge in [0.15, 0.2) is 0 Å². The van der Waals surface area contributed by atoms with Crippen LogP contribution in [0.5, 0.6) is 0 Å². The van der Waals surface area contributed by atoms with E-state index in [2.05, 4.69) is 30.3 Å². The average molecular weight is 451 g/mol. The fourth-order valence-corrected chi connectivity index (χ4v) is 5.93. The number of rotatable bonds is 6. The largest absolute Gasteiger partial charge is 0.383 e. The molecule has 0 radical (unpaired) electrons. The molecule has 0 spiro atoms. The van der Waals surface area contributed by atoms with Gasteiger partial charge in [-0.25, -0.2) is 31.7 Å². The van der Waals surface area contributed by atoms with Gasteiger partial charge >= 0.3 is 0 Å². The molecule has 1 aromatic carbocycles. The van der Waals surface area contributed by atoms with Crippen molar-refractivity contribution in [3.63, 3.8) is 0 Å². The van der Waals surface area contributed by atoms with Crippen LogP contribution in [0.15, 0.2) is 40.3 Å². The summed E-state index contributed by atoms with van der Waals surface area (Å²) in [6.45, 7) is 0. The zero-order valence-electron chi connectivity index (χ0n) is 15.2. The van der Waals surface area contributed by atoms with E-state index < -0.39 is 35.9 Å². The first-order chi connectivity index (χ1) is 14.1. The maximum atomic E-state index is 12.9. The second-order valence-electron chi connectivity index (χ2n) is 6.66. The number of hydrogen-bond donors (Lipinski definition) is 5. The Balaban J connectivity index is 2.06. The highest BCUT2D eigenvalue weighted by Gasteiger charge is 2.40. The lowest BCUT2D eigenvalue weighted by molar-refractivity contribution is 0.572. The first kappa shape index (κ1) is 20.3. The highest BCUT2D eigenvalue weighted by molar-refractivity contribution is 7.92. The third-order valence-corrected chi connectivity index (χ3v) is 7.19. The summed E-state index contributed by atoms with van der Waals surface area (Å²) in [4.78, 5) is 2.74. The normalized spacial score (nSPS) is 19.0. The number of sulfonamides is 2. The minimum absolute atomic E-state index is 0.0836. The summed E-state index contributed by atoms with van der Waals surface area (Å²) >= 11 is 0. The quantitative estimate of drug-likeness (QED) is 0.292. The number of pyridine rings is 1. The summed E-state index contributed by atoms with van der Waals surface area (Å²) in [5.41, 5.74) is 12.0. The fraction of sp³-hybridized carbons (Fsp3) is 0.200. The highest BCUT2D eigenvalue weighted by atomic mass is 32.2. The molecule has 2 aromatic heterocycles. The van der Waals surface area contributed by atoms with Gasteiger partial charge in [0.05, 0.1) is 5.56 Å². The lowest BCUT2D eigenvalue weighted by Crippen LogP contribution is -2.31. The Labute approximate surface area is 171 Å². The number of H-pyrrole nitrogens is 1. The van der Waals surface area contributed by atoms with Crippen molar-refractivity contribution in [1.29, 1.82) is 0 Å². The summed E-state index contributed by atoms with van der Waals surface area (Å²) in [5.74, 6) is -0.0993. The van der Waals surface area contributed by atoms with E-state index in [9.17, 15) is 16.8 Å². The summed E-state index contributed by atoms with van der Waals surface area (Å²) in [6, 6.07) is 4.85. The molecule has 30 heavy (non-hydrogen) atoms. The van der Waals surface area contributed by atoms with Gasteiger partial charge < -0.3 is 11.5 Å². The topological polar surface area (TPSA) is 226 Å². The zero-order chi connectivity index (χ0) is 21.7. The summed E-state index contributed by atoms with van der Waals surface area (Å²) in [5, 5.41) is 18.7. The molecule has 0 amide bonds. The molecule has 1 aliphatic carbocycles. The Bertz CT molecular complexity index is 1320. The SMILES string of the molecule is Nc1ncccc1-c1ccc(S(=O)(=O)NC2C[C@@H]2N)c(S(N)(=O)=O)c1-c1nn[nH]n1. The number of nitrogens with zero attached hydrogens (tertiary/aromatic N) is 4. The summed E-state index contributed by atoms with van der Waals surface area (Å²) in [7, 11) is -8.87. The van der Waals surface area contributed by atoms with Gasteiger partial charge in [-0.05, 0) is 35.4 Å². The van der Waals surface area contributed by atoms with E-state index in [0.29, 0.717) is 12.0 Å². The second-order valence-corrected chi connectivity index (χ2v) is 9.84. The van der Waals surface area contributed by atoms with Gasteiger partial charge in [-0.3, -0.25) is 0 Å². The van der Waals surface area contributed by atoms with Crippen LogP contribution in [0.2, 0.25) is 0 Å². The van der Waals surface area contributed by atoms with Crippen LogP contribution in [0.1, 0.15) is 6.42 Å². The number of tetrazole rings is 1. The molecular formula is C15H17N9O4S2. The van der Waals surface area contributed by atoms with E-state index >= 15 is 0 Å². The van der Waals surface area contributed by atoms with Crippen molar-refractivity contribution in [2.24, 2.45) is 10.9 Å². The van der Waals surface area contributed by atoms with E-state index in [1.807, 2.05) is 0 Å². The van der Waals surface area contributed by atoms with Crippen molar-refractivity contribution < 1.29 is 16.8 Å². The van der Waals surface area contributed by atoms with E-state index in [1.165, 1.54) is 12.3 Å². The molecule has 0 bridgehead atoms. The van der Waals surface area contributed by atoms with Gasteiger partial charge in [-0.15, -0.1) is 10.2 Å². The molecule has 1 saturated carbocycles. The molecule has 3 aromatic rings. The van der Waals surface area contributed by atoms with Crippen LogP contribution in [0, 0.1) is 0 Å². The molecule has 0 saturated heterocycles. The smallest absolute Gasteiger partial charge is 0.242 e. The second kappa shape index (κ2) is 7.06. The fourth-order valence-electron chi connectivity index (χ4n) is 3.03. The predicted octanol–water partition coefficient (Wildman–Crippen LogP) is -1.46. The van der Waals surface area contributed by atoms with Crippen LogP contribution in [-0.4, -0.2) is 54.5 Å². The Morgan fingerprint density at radius 3 is 2.43 bits per heavy atom. The van der Waals surface area contributed by atoms with Crippen LogP contribution in [0.4, 0.5) is 5.82 Å². The number of anilines is 1. The molecule has 1 unspecified atom stereocenters. The van der Waals surface area contributed by atoms with Gasteiger partial charge in [0.25, 0.3) is 0 Å². The summed E-state index contributed by atoms with van der Waals surface area (Å²) < 4.78 is 53.4. The minimum atomic E-state index is -4.58. The molecule has 1 aliphatic rings.